The van der Waals surface area contributed by atoms with E-state index in [-0.39, 0.29) is 32.6 Å². The molecule has 0 aliphatic heterocycles. The Kier molecular flexibility index (Phi) is 5.92. The van der Waals surface area contributed by atoms with E-state index in [1.165, 1.54) is 6.07 Å². The number of hydrogen-bond acceptors (Lipinski definition) is 7. The molecule has 26 heavy (non-hydrogen) atoms. The van der Waals surface area contributed by atoms with Crippen molar-refractivity contribution in [2.24, 2.45) is 0 Å². The van der Waals surface area contributed by atoms with Gasteiger partial charge in [0.05, 0.1) is 17.1 Å². The predicted molar refractivity (Wildman–Crippen MR) is 95.8 cm³/mol. The Morgan fingerprint density at radius 2 is 2.15 bits per heavy atom. The monoisotopic (exact) mass is 393 g/mol. The van der Waals surface area contributed by atoms with Gasteiger partial charge in [0, 0.05) is 11.1 Å². The fraction of sp³-hybridized carbons (Fsp3) is 0.188. The zero-order valence-electron chi connectivity index (χ0n) is 13.7. The van der Waals surface area contributed by atoms with Gasteiger partial charge < -0.3 is 10.1 Å². The normalized spacial score (nSPS) is 10.1. The Hall–Kier alpha value is -2.96. The number of esters is 1. The number of anilines is 1. The molecule has 10 heteroatoms. The summed E-state index contributed by atoms with van der Waals surface area (Å²) < 4.78 is 4.92. The number of rotatable bonds is 5. The van der Waals surface area contributed by atoms with Crippen LogP contribution in [-0.2, 0) is 4.74 Å². The van der Waals surface area contributed by atoms with Gasteiger partial charge in [0.2, 0.25) is 0 Å². The van der Waals surface area contributed by atoms with E-state index >= 15 is 0 Å². The van der Waals surface area contributed by atoms with E-state index in [9.17, 15) is 25.0 Å². The molecule has 2 rings (SSSR count). The maximum atomic E-state index is 12.5. The van der Waals surface area contributed by atoms with Crippen LogP contribution in [0.1, 0.15) is 38.1 Å². The molecular formula is C16H12ClN3O5S. The van der Waals surface area contributed by atoms with Gasteiger partial charge in [-0.25, -0.2) is 4.79 Å². The molecule has 0 aliphatic rings. The first-order valence-electron chi connectivity index (χ1n) is 7.26. The van der Waals surface area contributed by atoms with E-state index in [4.69, 9.17) is 16.3 Å². The molecule has 1 amide bonds. The van der Waals surface area contributed by atoms with Crippen LogP contribution < -0.4 is 5.32 Å². The SMILES string of the molecule is CCOC(=O)c1sc(NC(=O)c2cc(Cl)ccc2[N+](=O)[O-])c(C#N)c1C. The molecule has 0 radical (unpaired) electrons. The van der Waals surface area contributed by atoms with Gasteiger partial charge in [0.1, 0.15) is 21.5 Å². The Morgan fingerprint density at radius 3 is 2.73 bits per heavy atom. The number of carbonyl (C=O) groups excluding carboxylic acids is 2. The van der Waals surface area contributed by atoms with Gasteiger partial charge in [0.15, 0.2) is 0 Å². The maximum Gasteiger partial charge on any atom is 0.348 e. The van der Waals surface area contributed by atoms with Gasteiger partial charge in [0.25, 0.3) is 11.6 Å². The third-order valence-corrected chi connectivity index (χ3v) is 4.77. The topological polar surface area (TPSA) is 122 Å². The molecule has 1 heterocycles. The van der Waals surface area contributed by atoms with Crippen molar-refractivity contribution in [3.8, 4) is 6.07 Å². The molecule has 0 saturated carbocycles. The standard InChI is InChI=1S/C16H12ClN3O5S/c1-3-25-16(22)13-8(2)11(7-18)15(26-13)19-14(21)10-6-9(17)4-5-12(10)20(23)24/h4-6H,3H2,1-2H3,(H,19,21). The van der Waals surface area contributed by atoms with Crippen molar-refractivity contribution in [1.82, 2.24) is 0 Å². The molecule has 134 valence electrons. The van der Waals surface area contributed by atoms with Crippen LogP contribution in [0.3, 0.4) is 0 Å². The minimum Gasteiger partial charge on any atom is -0.462 e. The number of nitrogens with zero attached hydrogens (tertiary/aromatic N) is 2. The minimum absolute atomic E-state index is 0.0936. The molecule has 0 atom stereocenters. The lowest BCUT2D eigenvalue weighted by Crippen LogP contribution is -2.14. The zero-order chi connectivity index (χ0) is 19.4. The summed E-state index contributed by atoms with van der Waals surface area (Å²) in [6, 6.07) is 5.49. The van der Waals surface area contributed by atoms with Gasteiger partial charge in [-0.1, -0.05) is 11.6 Å². The second kappa shape index (κ2) is 7.95. The Bertz CT molecular complexity index is 948. The highest BCUT2D eigenvalue weighted by Crippen LogP contribution is 2.34. The van der Waals surface area contributed by atoms with E-state index in [0.29, 0.717) is 5.56 Å². The molecule has 0 fully saturated rings. The number of thiophene rings is 1. The highest BCUT2D eigenvalue weighted by molar-refractivity contribution is 7.18. The summed E-state index contributed by atoms with van der Waals surface area (Å²) in [5.74, 6) is -1.42. The Morgan fingerprint density at radius 1 is 1.46 bits per heavy atom. The Balaban J connectivity index is 2.43. The summed E-state index contributed by atoms with van der Waals surface area (Å²) in [5, 5.41) is 23.1. The second-order valence-corrected chi connectivity index (χ2v) is 6.42. The number of halogens is 1. The van der Waals surface area contributed by atoms with Crippen LogP contribution in [0.5, 0.6) is 0 Å². The highest BCUT2D eigenvalue weighted by Gasteiger charge is 2.25. The number of benzene rings is 1. The summed E-state index contributed by atoms with van der Waals surface area (Å²) >= 11 is 6.69. The minimum atomic E-state index is -0.813. The van der Waals surface area contributed by atoms with Gasteiger partial charge in [-0.2, -0.15) is 5.26 Å². The van der Waals surface area contributed by atoms with E-state index in [1.54, 1.807) is 13.8 Å². The van der Waals surface area contributed by atoms with Crippen molar-refractivity contribution in [3.63, 3.8) is 0 Å². The quantitative estimate of drug-likeness (QED) is 0.466. The van der Waals surface area contributed by atoms with Crippen LogP contribution in [0.4, 0.5) is 10.7 Å². The van der Waals surface area contributed by atoms with Crippen LogP contribution in [0.2, 0.25) is 5.02 Å². The summed E-state index contributed by atoms with van der Waals surface area (Å²) in [7, 11) is 0. The first-order chi connectivity index (χ1) is 12.3. The fourth-order valence-electron chi connectivity index (χ4n) is 2.15. The van der Waals surface area contributed by atoms with Gasteiger partial charge in [-0.15, -0.1) is 11.3 Å². The van der Waals surface area contributed by atoms with Crippen LogP contribution in [0.15, 0.2) is 18.2 Å². The van der Waals surface area contributed by atoms with Crippen LogP contribution in [-0.4, -0.2) is 23.4 Å². The average Bonchev–Trinajstić information content (AvgIpc) is 2.90. The molecule has 8 nitrogen and oxygen atoms in total. The number of nitriles is 1. The van der Waals surface area contributed by atoms with Crippen molar-refractivity contribution < 1.29 is 19.2 Å². The smallest absolute Gasteiger partial charge is 0.348 e. The number of amides is 1. The molecule has 1 aromatic carbocycles. The largest absolute Gasteiger partial charge is 0.462 e. The number of nitrogens with one attached hydrogen (secondary N) is 1. The molecule has 1 N–H and O–H groups in total. The number of nitro benzene ring substituents is 1. The molecule has 1 aromatic heterocycles. The predicted octanol–water partition coefficient (Wildman–Crippen LogP) is 3.92. The van der Waals surface area contributed by atoms with Crippen molar-refractivity contribution in [2.75, 3.05) is 11.9 Å². The lowest BCUT2D eigenvalue weighted by atomic mass is 10.1. The Labute approximate surface area is 157 Å². The van der Waals surface area contributed by atoms with Gasteiger partial charge in [-0.3, -0.25) is 14.9 Å². The van der Waals surface area contributed by atoms with Crippen LogP contribution in [0, 0.1) is 28.4 Å². The first kappa shape index (κ1) is 19.4. The average molecular weight is 394 g/mol. The van der Waals surface area contributed by atoms with Crippen molar-refractivity contribution in [1.29, 1.82) is 5.26 Å². The molecule has 2 aromatic rings. The van der Waals surface area contributed by atoms with Crippen molar-refractivity contribution >= 4 is 45.5 Å². The summed E-state index contributed by atoms with van der Waals surface area (Å²) in [5.41, 5.74) is -0.220. The summed E-state index contributed by atoms with van der Waals surface area (Å²) in [6.07, 6.45) is 0. The molecule has 0 unspecified atom stereocenters. The summed E-state index contributed by atoms with van der Waals surface area (Å²) in [4.78, 5) is 35.0. The van der Waals surface area contributed by atoms with Crippen LogP contribution in [0.25, 0.3) is 0 Å². The van der Waals surface area contributed by atoms with E-state index in [0.717, 1.165) is 23.5 Å². The number of hydrogen-bond donors (Lipinski definition) is 1. The third-order valence-electron chi connectivity index (χ3n) is 3.35. The maximum absolute atomic E-state index is 12.5. The second-order valence-electron chi connectivity index (χ2n) is 4.97. The zero-order valence-corrected chi connectivity index (χ0v) is 15.2. The van der Waals surface area contributed by atoms with Gasteiger partial charge in [-0.05, 0) is 31.5 Å². The first-order valence-corrected chi connectivity index (χ1v) is 8.45. The number of carbonyl (C=O) groups is 2. The summed E-state index contributed by atoms with van der Waals surface area (Å²) in [6.45, 7) is 3.36. The number of ether oxygens (including phenoxy) is 1. The third kappa shape index (κ3) is 3.82. The fourth-order valence-corrected chi connectivity index (χ4v) is 3.37. The van der Waals surface area contributed by atoms with Gasteiger partial charge >= 0.3 is 5.97 Å². The highest BCUT2D eigenvalue weighted by atomic mass is 35.5. The van der Waals surface area contributed by atoms with Crippen molar-refractivity contribution in [2.45, 2.75) is 13.8 Å². The van der Waals surface area contributed by atoms with E-state index < -0.39 is 22.5 Å². The lowest BCUT2D eigenvalue weighted by Gasteiger charge is -2.05. The molecule has 0 saturated heterocycles. The van der Waals surface area contributed by atoms with Crippen molar-refractivity contribution in [3.05, 3.63) is 54.9 Å². The molecular weight excluding hydrogens is 382 g/mol. The van der Waals surface area contributed by atoms with Crippen LogP contribution >= 0.6 is 22.9 Å². The molecule has 0 aliphatic carbocycles. The van der Waals surface area contributed by atoms with E-state index in [1.807, 2.05) is 6.07 Å². The lowest BCUT2D eigenvalue weighted by molar-refractivity contribution is -0.385. The molecule has 0 bridgehead atoms. The van der Waals surface area contributed by atoms with E-state index in [2.05, 4.69) is 5.32 Å². The molecule has 0 spiro atoms. The number of nitro groups is 1.